The zero-order valence-electron chi connectivity index (χ0n) is 15.1. The molecule has 2 aromatic rings. The van der Waals surface area contributed by atoms with Crippen LogP contribution in [-0.2, 0) is 9.53 Å². The molecule has 1 aromatic carbocycles. The van der Waals surface area contributed by atoms with Crippen molar-refractivity contribution in [1.29, 1.82) is 0 Å². The van der Waals surface area contributed by atoms with Gasteiger partial charge in [0.05, 0.1) is 17.0 Å². The Morgan fingerprint density at radius 2 is 2.04 bits per heavy atom. The largest absolute Gasteiger partial charge is 0.481 e. The highest BCUT2D eigenvalue weighted by Crippen LogP contribution is 2.45. The molecular formula is C20H21FN2O4. The summed E-state index contributed by atoms with van der Waals surface area (Å²) in [5.74, 6) is -2.20. The van der Waals surface area contributed by atoms with Gasteiger partial charge < -0.3 is 14.7 Å². The van der Waals surface area contributed by atoms with Gasteiger partial charge in [0, 0.05) is 42.8 Å². The summed E-state index contributed by atoms with van der Waals surface area (Å²) in [6.07, 6.45) is 1.25. The van der Waals surface area contributed by atoms with Crippen LogP contribution in [0.1, 0.15) is 28.9 Å². The predicted molar refractivity (Wildman–Crippen MR) is 96.0 cm³/mol. The highest BCUT2D eigenvalue weighted by Gasteiger charge is 2.52. The number of carbonyl (C=O) groups excluding carboxylic acids is 1. The summed E-state index contributed by atoms with van der Waals surface area (Å²) >= 11 is 0. The lowest BCUT2D eigenvalue weighted by atomic mass is 9.72. The lowest BCUT2D eigenvalue weighted by Gasteiger charge is -2.36. The maximum atomic E-state index is 13.8. The van der Waals surface area contributed by atoms with Crippen molar-refractivity contribution < 1.29 is 23.8 Å². The number of benzene rings is 1. The van der Waals surface area contributed by atoms with Gasteiger partial charge in [0.2, 0.25) is 0 Å². The molecule has 1 aromatic heterocycles. The minimum absolute atomic E-state index is 0.159. The second kappa shape index (κ2) is 6.56. The molecule has 2 aliphatic rings. The van der Waals surface area contributed by atoms with Crippen molar-refractivity contribution in [2.75, 3.05) is 26.3 Å². The van der Waals surface area contributed by atoms with E-state index in [9.17, 15) is 19.1 Å². The van der Waals surface area contributed by atoms with E-state index in [1.165, 1.54) is 12.1 Å². The molecule has 0 radical (unpaired) electrons. The molecule has 1 amide bonds. The van der Waals surface area contributed by atoms with Crippen LogP contribution in [0.4, 0.5) is 4.39 Å². The van der Waals surface area contributed by atoms with E-state index in [2.05, 4.69) is 4.98 Å². The molecule has 1 unspecified atom stereocenters. The van der Waals surface area contributed by atoms with Gasteiger partial charge in [0.1, 0.15) is 5.82 Å². The molecular weight excluding hydrogens is 351 g/mol. The van der Waals surface area contributed by atoms with Crippen LogP contribution < -0.4 is 0 Å². The van der Waals surface area contributed by atoms with Crippen molar-refractivity contribution in [3.05, 3.63) is 41.3 Å². The van der Waals surface area contributed by atoms with E-state index >= 15 is 0 Å². The van der Waals surface area contributed by atoms with E-state index in [0.29, 0.717) is 54.8 Å². The Bertz CT molecular complexity index is 924. The Morgan fingerprint density at radius 3 is 2.74 bits per heavy atom. The molecule has 27 heavy (non-hydrogen) atoms. The minimum atomic E-state index is -0.881. The summed E-state index contributed by atoms with van der Waals surface area (Å²) < 4.78 is 19.2. The Balaban J connectivity index is 1.72. The van der Waals surface area contributed by atoms with Crippen molar-refractivity contribution in [3.63, 3.8) is 0 Å². The Morgan fingerprint density at radius 1 is 1.30 bits per heavy atom. The number of hydrogen-bond acceptors (Lipinski definition) is 4. The molecule has 4 rings (SSSR count). The fourth-order valence-corrected chi connectivity index (χ4v) is 4.43. The molecule has 0 saturated carbocycles. The first-order valence-corrected chi connectivity index (χ1v) is 9.06. The normalized spacial score (nSPS) is 21.7. The number of halogens is 1. The molecule has 7 heteroatoms. The number of rotatable bonds is 2. The number of nitrogens with zero attached hydrogens (tertiary/aromatic N) is 2. The van der Waals surface area contributed by atoms with Gasteiger partial charge in [-0.15, -0.1) is 0 Å². The van der Waals surface area contributed by atoms with Crippen LogP contribution in [0.15, 0.2) is 24.3 Å². The van der Waals surface area contributed by atoms with Crippen LogP contribution in [0.5, 0.6) is 0 Å². The number of hydrogen-bond donors (Lipinski definition) is 1. The molecule has 2 fully saturated rings. The summed E-state index contributed by atoms with van der Waals surface area (Å²) in [5.41, 5.74) is 1.12. The van der Waals surface area contributed by atoms with E-state index in [-0.39, 0.29) is 12.5 Å². The third kappa shape index (κ3) is 3.06. The third-order valence-corrected chi connectivity index (χ3v) is 5.85. The maximum absolute atomic E-state index is 13.8. The van der Waals surface area contributed by atoms with Gasteiger partial charge in [-0.3, -0.25) is 14.6 Å². The number of pyridine rings is 1. The number of aliphatic carboxylic acids is 1. The van der Waals surface area contributed by atoms with E-state index in [1.807, 2.05) is 0 Å². The monoisotopic (exact) mass is 372 g/mol. The van der Waals surface area contributed by atoms with Gasteiger partial charge in [-0.05, 0) is 44.0 Å². The van der Waals surface area contributed by atoms with Crippen LogP contribution in [0.3, 0.4) is 0 Å². The van der Waals surface area contributed by atoms with Crippen LogP contribution in [0.25, 0.3) is 10.9 Å². The molecule has 6 nitrogen and oxygen atoms in total. The maximum Gasteiger partial charge on any atom is 0.308 e. The smallest absolute Gasteiger partial charge is 0.308 e. The van der Waals surface area contributed by atoms with Crippen LogP contribution in [-0.4, -0.2) is 53.2 Å². The number of fused-ring (bicyclic) bond motifs is 1. The Kier molecular flexibility index (Phi) is 4.34. The summed E-state index contributed by atoms with van der Waals surface area (Å²) in [7, 11) is 0. The van der Waals surface area contributed by atoms with Crippen molar-refractivity contribution >= 4 is 22.8 Å². The third-order valence-electron chi connectivity index (χ3n) is 5.85. The zero-order valence-corrected chi connectivity index (χ0v) is 15.1. The van der Waals surface area contributed by atoms with Crippen molar-refractivity contribution in [1.82, 2.24) is 9.88 Å². The first-order valence-electron chi connectivity index (χ1n) is 9.06. The molecule has 2 aliphatic heterocycles. The number of carboxylic acid groups (broad SMARTS) is 1. The summed E-state index contributed by atoms with van der Waals surface area (Å²) in [5, 5.41) is 10.2. The number of aryl methyl sites for hydroxylation is 1. The first-order chi connectivity index (χ1) is 12.9. The standard InChI is InChI=1S/C20H21FN2O4/c1-12-8-15(14-9-13(21)2-3-17(14)22-12)18(24)23-10-16(19(25)26)20(11-23)4-6-27-7-5-20/h2-3,8-9,16H,4-7,10-11H2,1H3,(H,25,26). The van der Waals surface area contributed by atoms with Crippen molar-refractivity contribution in [2.24, 2.45) is 11.3 Å². The molecule has 142 valence electrons. The molecule has 1 atom stereocenters. The molecule has 0 aliphatic carbocycles. The second-order valence-corrected chi connectivity index (χ2v) is 7.52. The number of aromatic nitrogens is 1. The highest BCUT2D eigenvalue weighted by atomic mass is 19.1. The van der Waals surface area contributed by atoms with E-state index in [0.717, 1.165) is 0 Å². The van der Waals surface area contributed by atoms with Crippen molar-refractivity contribution in [2.45, 2.75) is 19.8 Å². The van der Waals surface area contributed by atoms with E-state index in [4.69, 9.17) is 4.74 Å². The fraction of sp³-hybridized carbons (Fsp3) is 0.450. The Hall–Kier alpha value is -2.54. The van der Waals surface area contributed by atoms with Gasteiger partial charge in [-0.25, -0.2) is 4.39 Å². The molecule has 0 bridgehead atoms. The quantitative estimate of drug-likeness (QED) is 0.877. The molecule has 1 N–H and O–H groups in total. The van der Waals surface area contributed by atoms with Crippen LogP contribution in [0.2, 0.25) is 0 Å². The van der Waals surface area contributed by atoms with Crippen LogP contribution >= 0.6 is 0 Å². The number of carbonyl (C=O) groups is 2. The number of ether oxygens (including phenoxy) is 1. The van der Waals surface area contributed by atoms with Crippen molar-refractivity contribution in [3.8, 4) is 0 Å². The SMILES string of the molecule is Cc1cc(C(=O)N2CC(C(=O)O)C3(CCOCC3)C2)c2cc(F)ccc2n1. The minimum Gasteiger partial charge on any atom is -0.481 e. The zero-order chi connectivity index (χ0) is 19.2. The lowest BCUT2D eigenvalue weighted by Crippen LogP contribution is -2.40. The molecule has 3 heterocycles. The van der Waals surface area contributed by atoms with E-state index in [1.54, 1.807) is 24.0 Å². The van der Waals surface area contributed by atoms with Gasteiger partial charge in [0.15, 0.2) is 0 Å². The van der Waals surface area contributed by atoms with Gasteiger partial charge in [-0.1, -0.05) is 0 Å². The number of carboxylic acids is 1. The van der Waals surface area contributed by atoms with Gasteiger partial charge >= 0.3 is 5.97 Å². The fourth-order valence-electron chi connectivity index (χ4n) is 4.43. The van der Waals surface area contributed by atoms with E-state index < -0.39 is 23.1 Å². The predicted octanol–water partition coefficient (Wildman–Crippen LogP) is 2.64. The second-order valence-electron chi connectivity index (χ2n) is 7.52. The average Bonchev–Trinajstić information content (AvgIpc) is 3.00. The molecule has 1 spiro atoms. The van der Waals surface area contributed by atoms with Crippen LogP contribution in [0, 0.1) is 24.1 Å². The first kappa shape index (κ1) is 17.9. The van der Waals surface area contributed by atoms with Gasteiger partial charge in [0.25, 0.3) is 5.91 Å². The number of amides is 1. The number of likely N-dealkylation sites (tertiary alicyclic amines) is 1. The average molecular weight is 372 g/mol. The lowest BCUT2D eigenvalue weighted by molar-refractivity contribution is -0.146. The topological polar surface area (TPSA) is 79.7 Å². The summed E-state index contributed by atoms with van der Waals surface area (Å²) in [4.78, 5) is 31.1. The Labute approximate surface area is 155 Å². The molecule has 2 saturated heterocycles. The summed E-state index contributed by atoms with van der Waals surface area (Å²) in [6.45, 7) is 3.34. The van der Waals surface area contributed by atoms with Gasteiger partial charge in [-0.2, -0.15) is 0 Å². The summed E-state index contributed by atoms with van der Waals surface area (Å²) in [6, 6.07) is 5.83. The highest BCUT2D eigenvalue weighted by molar-refractivity contribution is 6.06.